The number of hydrogen-bond acceptors (Lipinski definition) is 5. The Morgan fingerprint density at radius 1 is 1.63 bits per heavy atom. The van der Waals surface area contributed by atoms with E-state index in [1.807, 2.05) is 5.38 Å². The van der Waals surface area contributed by atoms with E-state index >= 15 is 0 Å². The van der Waals surface area contributed by atoms with Gasteiger partial charge in [0.15, 0.2) is 0 Å². The maximum Gasteiger partial charge on any atom is 0.265 e. The van der Waals surface area contributed by atoms with Crippen molar-refractivity contribution in [3.05, 3.63) is 16.3 Å². The van der Waals surface area contributed by atoms with Crippen molar-refractivity contribution < 1.29 is 9.53 Å². The molecule has 1 N–H and O–H groups in total. The monoisotopic (exact) mass is 279 g/mol. The third-order valence-corrected chi connectivity index (χ3v) is 4.17. The van der Waals surface area contributed by atoms with Gasteiger partial charge in [0.05, 0.1) is 19.7 Å². The Bertz CT molecular complexity index is 472. The van der Waals surface area contributed by atoms with Crippen LogP contribution in [-0.2, 0) is 0 Å². The number of nitrogens with one attached hydrogen (secondary N) is 1. The first-order chi connectivity index (χ1) is 9.24. The van der Waals surface area contributed by atoms with Crippen LogP contribution in [0.3, 0.4) is 0 Å². The Morgan fingerprint density at radius 2 is 2.37 bits per heavy atom. The molecule has 0 radical (unpaired) electrons. The fourth-order valence-electron chi connectivity index (χ4n) is 2.21. The van der Waals surface area contributed by atoms with Crippen molar-refractivity contribution in [3.63, 3.8) is 0 Å². The summed E-state index contributed by atoms with van der Waals surface area (Å²) in [6.45, 7) is 2.19. The number of amides is 1. The Hall–Kier alpha value is -1.58. The first-order valence-electron chi connectivity index (χ1n) is 6.26. The lowest BCUT2D eigenvalue weighted by atomic mass is 10.1. The molecule has 1 aliphatic heterocycles. The lowest BCUT2D eigenvalue weighted by Crippen LogP contribution is -2.44. The molecule has 1 aromatic rings. The van der Waals surface area contributed by atoms with Gasteiger partial charge in [0.25, 0.3) is 5.91 Å². The van der Waals surface area contributed by atoms with Crippen LogP contribution in [0.4, 0.5) is 0 Å². The molecule has 0 aliphatic carbocycles. The first-order valence-corrected chi connectivity index (χ1v) is 7.14. The van der Waals surface area contributed by atoms with E-state index in [1.165, 1.54) is 11.3 Å². The standard InChI is InChI=1S/C13H17N3O2S/c1-18-11-4-9-19-12(11)13(17)15-10-2-6-16(7-3-10)8-5-14/h4,9-10H,2-3,6-8H2,1H3,(H,15,17). The number of thiophene rings is 1. The summed E-state index contributed by atoms with van der Waals surface area (Å²) in [6.07, 6.45) is 1.78. The molecule has 1 amide bonds. The number of rotatable bonds is 4. The van der Waals surface area contributed by atoms with Crippen LogP contribution in [0.5, 0.6) is 5.75 Å². The van der Waals surface area contributed by atoms with Crippen LogP contribution in [0.25, 0.3) is 0 Å². The normalized spacial score (nSPS) is 16.8. The molecule has 0 aromatic carbocycles. The highest BCUT2D eigenvalue weighted by atomic mass is 32.1. The van der Waals surface area contributed by atoms with Gasteiger partial charge in [0, 0.05) is 19.1 Å². The van der Waals surface area contributed by atoms with Crippen LogP contribution in [0.2, 0.25) is 0 Å². The summed E-state index contributed by atoms with van der Waals surface area (Å²) in [7, 11) is 1.57. The van der Waals surface area contributed by atoms with Crippen LogP contribution >= 0.6 is 11.3 Å². The first kappa shape index (κ1) is 13.8. The van der Waals surface area contributed by atoms with Gasteiger partial charge in [-0.15, -0.1) is 11.3 Å². The summed E-state index contributed by atoms with van der Waals surface area (Å²) >= 11 is 1.39. The molecule has 1 aliphatic rings. The fraction of sp³-hybridized carbons (Fsp3) is 0.538. The lowest BCUT2D eigenvalue weighted by molar-refractivity contribution is 0.0916. The van der Waals surface area contributed by atoms with E-state index in [-0.39, 0.29) is 11.9 Å². The summed E-state index contributed by atoms with van der Waals surface area (Å²) < 4.78 is 5.15. The minimum atomic E-state index is -0.0643. The molecule has 19 heavy (non-hydrogen) atoms. The quantitative estimate of drug-likeness (QED) is 0.848. The molecule has 102 valence electrons. The van der Waals surface area contributed by atoms with Crippen molar-refractivity contribution >= 4 is 17.2 Å². The van der Waals surface area contributed by atoms with Crippen LogP contribution in [-0.4, -0.2) is 43.6 Å². The van der Waals surface area contributed by atoms with Crippen molar-refractivity contribution in [1.82, 2.24) is 10.2 Å². The smallest absolute Gasteiger partial charge is 0.265 e. The van der Waals surface area contributed by atoms with Gasteiger partial charge in [-0.1, -0.05) is 0 Å². The van der Waals surface area contributed by atoms with E-state index < -0.39 is 0 Å². The van der Waals surface area contributed by atoms with Gasteiger partial charge in [0.1, 0.15) is 10.6 Å². The van der Waals surface area contributed by atoms with Crippen LogP contribution in [0.15, 0.2) is 11.4 Å². The molecule has 0 atom stereocenters. The number of carbonyl (C=O) groups excluding carboxylic acids is 1. The van der Waals surface area contributed by atoms with Gasteiger partial charge in [-0.3, -0.25) is 9.69 Å². The topological polar surface area (TPSA) is 65.4 Å². The van der Waals surface area contributed by atoms with E-state index in [4.69, 9.17) is 10.00 Å². The van der Waals surface area contributed by atoms with Crippen LogP contribution in [0.1, 0.15) is 22.5 Å². The number of nitrogens with zero attached hydrogens (tertiary/aromatic N) is 2. The molecule has 5 nitrogen and oxygen atoms in total. The molecule has 1 aromatic heterocycles. The largest absolute Gasteiger partial charge is 0.495 e. The zero-order valence-electron chi connectivity index (χ0n) is 10.9. The molecular formula is C13H17N3O2S. The number of likely N-dealkylation sites (tertiary alicyclic amines) is 1. The molecule has 0 saturated carbocycles. The zero-order valence-corrected chi connectivity index (χ0v) is 11.7. The number of piperidine rings is 1. The third kappa shape index (κ3) is 3.46. The third-order valence-electron chi connectivity index (χ3n) is 3.27. The number of nitriles is 1. The molecule has 1 fully saturated rings. The summed E-state index contributed by atoms with van der Waals surface area (Å²) in [4.78, 5) is 14.8. The Kier molecular flexibility index (Phi) is 4.77. The molecule has 0 bridgehead atoms. The van der Waals surface area contributed by atoms with Crippen molar-refractivity contribution in [1.29, 1.82) is 5.26 Å². The van der Waals surface area contributed by atoms with E-state index in [1.54, 1.807) is 13.2 Å². The van der Waals surface area contributed by atoms with E-state index in [0.29, 0.717) is 17.2 Å². The van der Waals surface area contributed by atoms with Gasteiger partial charge in [-0.25, -0.2) is 0 Å². The maximum absolute atomic E-state index is 12.1. The second kappa shape index (κ2) is 6.55. The van der Waals surface area contributed by atoms with Crippen molar-refractivity contribution in [3.8, 4) is 11.8 Å². The summed E-state index contributed by atoms with van der Waals surface area (Å²) in [6, 6.07) is 4.14. The van der Waals surface area contributed by atoms with Crippen molar-refractivity contribution in [2.75, 3.05) is 26.7 Å². The van der Waals surface area contributed by atoms with Crippen LogP contribution in [0, 0.1) is 11.3 Å². The highest BCUT2D eigenvalue weighted by Crippen LogP contribution is 2.24. The van der Waals surface area contributed by atoms with Gasteiger partial charge >= 0.3 is 0 Å². The van der Waals surface area contributed by atoms with Gasteiger partial charge in [0.2, 0.25) is 0 Å². The SMILES string of the molecule is COc1ccsc1C(=O)NC1CCN(CC#N)CC1. The minimum Gasteiger partial charge on any atom is -0.495 e. The van der Waals surface area contributed by atoms with Crippen molar-refractivity contribution in [2.45, 2.75) is 18.9 Å². The van der Waals surface area contributed by atoms with Gasteiger partial charge in [-0.05, 0) is 24.3 Å². The highest BCUT2D eigenvalue weighted by Gasteiger charge is 2.22. The Balaban J connectivity index is 1.86. The number of methoxy groups -OCH3 is 1. The second-order valence-corrected chi connectivity index (χ2v) is 5.42. The van der Waals surface area contributed by atoms with Gasteiger partial charge in [-0.2, -0.15) is 5.26 Å². The molecule has 0 unspecified atom stereocenters. The van der Waals surface area contributed by atoms with E-state index in [0.717, 1.165) is 25.9 Å². The molecule has 6 heteroatoms. The molecule has 0 spiro atoms. The predicted octanol–water partition coefficient (Wildman–Crippen LogP) is 1.47. The summed E-state index contributed by atoms with van der Waals surface area (Å²) in [5, 5.41) is 13.5. The number of hydrogen-bond donors (Lipinski definition) is 1. The number of carbonyl (C=O) groups is 1. The van der Waals surface area contributed by atoms with Crippen LogP contribution < -0.4 is 10.1 Å². The van der Waals surface area contributed by atoms with E-state index in [9.17, 15) is 4.79 Å². The lowest BCUT2D eigenvalue weighted by Gasteiger charge is -2.30. The Labute approximate surface area is 116 Å². The fourth-order valence-corrected chi connectivity index (χ4v) is 2.97. The highest BCUT2D eigenvalue weighted by molar-refractivity contribution is 7.12. The predicted molar refractivity (Wildman–Crippen MR) is 73.4 cm³/mol. The van der Waals surface area contributed by atoms with Gasteiger partial charge < -0.3 is 10.1 Å². The summed E-state index contributed by atoms with van der Waals surface area (Å²) in [5.41, 5.74) is 0. The maximum atomic E-state index is 12.1. The van der Waals surface area contributed by atoms with E-state index in [2.05, 4.69) is 16.3 Å². The Morgan fingerprint density at radius 3 is 3.00 bits per heavy atom. The van der Waals surface area contributed by atoms with Crippen molar-refractivity contribution in [2.24, 2.45) is 0 Å². The average molecular weight is 279 g/mol. The molecule has 2 rings (SSSR count). The number of ether oxygens (including phenoxy) is 1. The summed E-state index contributed by atoms with van der Waals surface area (Å²) in [5.74, 6) is 0.565. The average Bonchev–Trinajstić information content (AvgIpc) is 2.90. The molecular weight excluding hydrogens is 262 g/mol. The molecule has 2 heterocycles. The zero-order chi connectivity index (χ0) is 13.7. The molecule has 1 saturated heterocycles. The second-order valence-electron chi connectivity index (χ2n) is 4.50. The minimum absolute atomic E-state index is 0.0643.